The Balaban J connectivity index is 2.58. The van der Waals surface area contributed by atoms with E-state index in [9.17, 15) is 9.59 Å². The van der Waals surface area contributed by atoms with Gasteiger partial charge in [-0.25, -0.2) is 9.59 Å². The third-order valence-corrected chi connectivity index (χ3v) is 3.47. The summed E-state index contributed by atoms with van der Waals surface area (Å²) in [4.78, 5) is 24.5. The van der Waals surface area contributed by atoms with Crippen molar-refractivity contribution in [3.63, 3.8) is 0 Å². The van der Waals surface area contributed by atoms with Crippen LogP contribution < -0.4 is 5.32 Å². The van der Waals surface area contributed by atoms with E-state index in [2.05, 4.69) is 26.1 Å². The summed E-state index contributed by atoms with van der Waals surface area (Å²) in [6.45, 7) is 7.21. The fraction of sp³-hybridized carbons (Fsp3) is 0.714. The van der Waals surface area contributed by atoms with Crippen LogP contribution in [0.15, 0.2) is 11.6 Å². The Bertz CT molecular complexity index is 398. The number of rotatable bonds is 4. The standard InChI is InChI=1S/C14H24N2O4/c1-14(2,3)10-4-7-16(8-5-10)13(20)15-11(6-9-17)12(18)19/h4,11,17H,5-9H2,1-3H3,(H,15,20)(H,18,19)/t11-/m1/s1. The van der Waals surface area contributed by atoms with Crippen LogP contribution >= 0.6 is 0 Å². The van der Waals surface area contributed by atoms with Crippen LogP contribution in [0.4, 0.5) is 4.79 Å². The molecule has 1 atom stereocenters. The van der Waals surface area contributed by atoms with Gasteiger partial charge in [-0.3, -0.25) is 0 Å². The molecule has 3 N–H and O–H groups in total. The zero-order valence-electron chi connectivity index (χ0n) is 12.3. The van der Waals surface area contributed by atoms with Gasteiger partial charge in [0.15, 0.2) is 0 Å². The first-order chi connectivity index (χ1) is 9.25. The van der Waals surface area contributed by atoms with Crippen LogP contribution in [-0.2, 0) is 4.79 Å². The van der Waals surface area contributed by atoms with Gasteiger partial charge in [0.1, 0.15) is 6.04 Å². The van der Waals surface area contributed by atoms with E-state index < -0.39 is 18.0 Å². The number of hydrogen-bond acceptors (Lipinski definition) is 3. The van der Waals surface area contributed by atoms with E-state index >= 15 is 0 Å². The summed E-state index contributed by atoms with van der Waals surface area (Å²) in [7, 11) is 0. The van der Waals surface area contributed by atoms with Gasteiger partial charge in [-0.2, -0.15) is 0 Å². The number of aliphatic hydroxyl groups is 1. The molecule has 1 heterocycles. The maximum Gasteiger partial charge on any atom is 0.326 e. The van der Waals surface area contributed by atoms with Crippen molar-refractivity contribution in [1.82, 2.24) is 10.2 Å². The minimum Gasteiger partial charge on any atom is -0.480 e. The highest BCUT2D eigenvalue weighted by Gasteiger charge is 2.26. The zero-order chi connectivity index (χ0) is 15.3. The number of carboxylic acids is 1. The number of nitrogens with one attached hydrogen (secondary N) is 1. The minimum atomic E-state index is -1.13. The Morgan fingerprint density at radius 1 is 1.45 bits per heavy atom. The zero-order valence-corrected chi connectivity index (χ0v) is 12.3. The number of carbonyl (C=O) groups is 2. The summed E-state index contributed by atoms with van der Waals surface area (Å²) in [5, 5.41) is 20.2. The first-order valence-electron chi connectivity index (χ1n) is 6.84. The smallest absolute Gasteiger partial charge is 0.326 e. The molecule has 0 aromatic carbocycles. The topological polar surface area (TPSA) is 89.9 Å². The van der Waals surface area contributed by atoms with E-state index in [1.807, 2.05) is 6.08 Å². The lowest BCUT2D eigenvalue weighted by Gasteiger charge is -2.32. The van der Waals surface area contributed by atoms with Crippen molar-refractivity contribution in [2.45, 2.75) is 39.7 Å². The van der Waals surface area contributed by atoms with Gasteiger partial charge in [-0.1, -0.05) is 32.4 Å². The molecule has 0 bridgehead atoms. The maximum absolute atomic E-state index is 12.0. The molecule has 0 spiro atoms. The summed E-state index contributed by atoms with van der Waals surface area (Å²) in [5.74, 6) is -1.13. The number of carbonyl (C=O) groups excluding carboxylic acids is 1. The lowest BCUT2D eigenvalue weighted by atomic mass is 9.83. The second kappa shape index (κ2) is 6.74. The molecule has 0 radical (unpaired) electrons. The monoisotopic (exact) mass is 284 g/mol. The van der Waals surface area contributed by atoms with Gasteiger partial charge in [0.25, 0.3) is 0 Å². The Labute approximate surface area is 119 Å². The van der Waals surface area contributed by atoms with Crippen LogP contribution in [0.25, 0.3) is 0 Å². The molecule has 6 nitrogen and oxygen atoms in total. The fourth-order valence-electron chi connectivity index (χ4n) is 2.16. The predicted octanol–water partition coefficient (Wildman–Crippen LogP) is 1.21. The van der Waals surface area contributed by atoms with E-state index in [4.69, 9.17) is 10.2 Å². The molecule has 0 saturated carbocycles. The first-order valence-corrected chi connectivity index (χ1v) is 6.84. The van der Waals surface area contributed by atoms with Crippen molar-refractivity contribution < 1.29 is 19.8 Å². The van der Waals surface area contributed by atoms with Gasteiger partial charge in [-0.15, -0.1) is 0 Å². The van der Waals surface area contributed by atoms with E-state index in [1.54, 1.807) is 4.90 Å². The Morgan fingerprint density at radius 2 is 2.10 bits per heavy atom. The molecule has 0 fully saturated rings. The van der Waals surface area contributed by atoms with E-state index in [0.717, 1.165) is 6.42 Å². The van der Waals surface area contributed by atoms with Crippen molar-refractivity contribution in [3.05, 3.63) is 11.6 Å². The SMILES string of the molecule is CC(C)(C)C1=CCN(C(=O)N[C@H](CCO)C(=O)O)CC1. The van der Waals surface area contributed by atoms with Crippen molar-refractivity contribution in [3.8, 4) is 0 Å². The van der Waals surface area contributed by atoms with Crippen LogP contribution in [0.1, 0.15) is 33.6 Å². The first kappa shape index (κ1) is 16.5. The predicted molar refractivity (Wildman–Crippen MR) is 75.4 cm³/mol. The minimum absolute atomic E-state index is 0.0119. The highest BCUT2D eigenvalue weighted by atomic mass is 16.4. The molecule has 1 rings (SSSR count). The molecule has 0 aromatic rings. The number of carboxylic acid groups (broad SMARTS) is 1. The Morgan fingerprint density at radius 3 is 2.50 bits per heavy atom. The van der Waals surface area contributed by atoms with Gasteiger partial charge in [-0.05, 0) is 11.8 Å². The molecular formula is C14H24N2O4. The van der Waals surface area contributed by atoms with Gasteiger partial charge in [0.2, 0.25) is 0 Å². The molecule has 0 unspecified atom stereocenters. The number of urea groups is 1. The van der Waals surface area contributed by atoms with Gasteiger partial charge in [0, 0.05) is 26.1 Å². The molecule has 20 heavy (non-hydrogen) atoms. The molecule has 114 valence electrons. The molecule has 1 aliphatic heterocycles. The molecule has 1 aliphatic rings. The number of amides is 2. The second-order valence-corrected chi connectivity index (χ2v) is 6.03. The third-order valence-electron chi connectivity index (χ3n) is 3.47. The lowest BCUT2D eigenvalue weighted by Crippen LogP contribution is -2.49. The fourth-order valence-corrected chi connectivity index (χ4v) is 2.16. The molecule has 0 aliphatic carbocycles. The van der Waals surface area contributed by atoms with E-state index in [-0.39, 0.29) is 18.4 Å². The summed E-state index contributed by atoms with van der Waals surface area (Å²) in [6.07, 6.45) is 2.84. The molecule has 0 saturated heterocycles. The van der Waals surface area contributed by atoms with Crippen LogP contribution in [0.5, 0.6) is 0 Å². The van der Waals surface area contributed by atoms with Gasteiger partial charge in [0.05, 0.1) is 0 Å². The lowest BCUT2D eigenvalue weighted by molar-refractivity contribution is -0.139. The highest BCUT2D eigenvalue weighted by molar-refractivity contribution is 5.82. The number of nitrogens with zero attached hydrogens (tertiary/aromatic N) is 1. The van der Waals surface area contributed by atoms with E-state index in [0.29, 0.717) is 13.1 Å². The number of aliphatic carboxylic acids is 1. The average Bonchev–Trinajstić information content (AvgIpc) is 2.37. The van der Waals surface area contributed by atoms with Crippen molar-refractivity contribution in [1.29, 1.82) is 0 Å². The third kappa shape index (κ3) is 4.52. The van der Waals surface area contributed by atoms with Crippen LogP contribution in [0.2, 0.25) is 0 Å². The maximum atomic E-state index is 12.0. The summed E-state index contributed by atoms with van der Waals surface area (Å²) in [5.41, 5.74) is 1.41. The molecule has 2 amide bonds. The average molecular weight is 284 g/mol. The van der Waals surface area contributed by atoms with Crippen molar-refractivity contribution in [2.75, 3.05) is 19.7 Å². The second-order valence-electron chi connectivity index (χ2n) is 6.03. The van der Waals surface area contributed by atoms with Crippen LogP contribution in [-0.4, -0.2) is 52.9 Å². The number of hydrogen-bond donors (Lipinski definition) is 3. The number of aliphatic hydroxyl groups excluding tert-OH is 1. The normalized spacial score (nSPS) is 17.4. The largest absolute Gasteiger partial charge is 0.480 e. The van der Waals surface area contributed by atoms with Crippen LogP contribution in [0.3, 0.4) is 0 Å². The molecule has 0 aromatic heterocycles. The van der Waals surface area contributed by atoms with E-state index in [1.165, 1.54) is 5.57 Å². The van der Waals surface area contributed by atoms with Crippen molar-refractivity contribution in [2.24, 2.45) is 5.41 Å². The Kier molecular flexibility index (Phi) is 5.56. The van der Waals surface area contributed by atoms with Crippen molar-refractivity contribution >= 4 is 12.0 Å². The Hall–Kier alpha value is -1.56. The molecular weight excluding hydrogens is 260 g/mol. The summed E-state index contributed by atoms with van der Waals surface area (Å²) < 4.78 is 0. The van der Waals surface area contributed by atoms with Crippen LogP contribution in [0, 0.1) is 5.41 Å². The highest BCUT2D eigenvalue weighted by Crippen LogP contribution is 2.29. The van der Waals surface area contributed by atoms with Gasteiger partial charge < -0.3 is 20.4 Å². The van der Waals surface area contributed by atoms with Gasteiger partial charge >= 0.3 is 12.0 Å². The quantitative estimate of drug-likeness (QED) is 0.677. The molecule has 6 heteroatoms. The summed E-state index contributed by atoms with van der Waals surface area (Å²) in [6, 6.07) is -1.43. The summed E-state index contributed by atoms with van der Waals surface area (Å²) >= 11 is 0.